The number of aliphatic hydroxyl groups is 2. The third kappa shape index (κ3) is 2.12. The van der Waals surface area contributed by atoms with Crippen molar-refractivity contribution in [1.82, 2.24) is 0 Å². The molecule has 4 rings (SSSR count). The highest BCUT2D eigenvalue weighted by atomic mass is 16.7. The maximum absolute atomic E-state index is 10.2. The molecule has 1 aromatic rings. The number of ether oxygens (including phenoxy) is 3. The van der Waals surface area contributed by atoms with Crippen molar-refractivity contribution in [3.05, 3.63) is 35.9 Å². The molecule has 2 aliphatic heterocycles. The summed E-state index contributed by atoms with van der Waals surface area (Å²) in [4.78, 5) is 0. The molecule has 6 atom stereocenters. The van der Waals surface area contributed by atoms with Gasteiger partial charge in [0.25, 0.3) is 0 Å². The van der Waals surface area contributed by atoms with Gasteiger partial charge in [0, 0.05) is 23.2 Å². The van der Waals surface area contributed by atoms with Crippen LogP contribution in [0.1, 0.15) is 12.0 Å². The Bertz CT molecular complexity index is 521. The van der Waals surface area contributed by atoms with Crippen LogP contribution in [0.5, 0.6) is 0 Å². The molecule has 1 saturated carbocycles. The largest absolute Gasteiger partial charge is 0.396 e. The van der Waals surface area contributed by atoms with E-state index in [1.165, 1.54) is 0 Å². The van der Waals surface area contributed by atoms with Crippen molar-refractivity contribution in [3.63, 3.8) is 0 Å². The predicted octanol–water partition coefficient (Wildman–Crippen LogP) is 1.14. The minimum atomic E-state index is -0.819. The van der Waals surface area contributed by atoms with Gasteiger partial charge in [-0.25, -0.2) is 0 Å². The summed E-state index contributed by atoms with van der Waals surface area (Å²) in [7, 11) is 0. The lowest BCUT2D eigenvalue weighted by molar-refractivity contribution is -0.269. The van der Waals surface area contributed by atoms with E-state index in [0.29, 0.717) is 19.8 Å². The number of benzene rings is 1. The molecule has 3 aliphatic rings. The summed E-state index contributed by atoms with van der Waals surface area (Å²) >= 11 is 0. The molecule has 1 unspecified atom stereocenters. The minimum Gasteiger partial charge on any atom is -0.396 e. The summed E-state index contributed by atoms with van der Waals surface area (Å²) in [5, 5.41) is 20.2. The van der Waals surface area contributed by atoms with Gasteiger partial charge in [-0.1, -0.05) is 30.3 Å². The zero-order chi connectivity index (χ0) is 15.2. The van der Waals surface area contributed by atoms with Crippen molar-refractivity contribution in [2.45, 2.75) is 25.6 Å². The summed E-state index contributed by atoms with van der Waals surface area (Å²) in [6, 6.07) is 10.0. The van der Waals surface area contributed by atoms with Crippen LogP contribution >= 0.6 is 0 Å². The highest BCUT2D eigenvalue weighted by Gasteiger charge is 2.66. The van der Waals surface area contributed by atoms with Gasteiger partial charge in [0.2, 0.25) is 0 Å². The first-order valence-electron chi connectivity index (χ1n) is 7.92. The Labute approximate surface area is 129 Å². The molecule has 5 nitrogen and oxygen atoms in total. The van der Waals surface area contributed by atoms with E-state index in [1.54, 1.807) is 0 Å². The van der Waals surface area contributed by atoms with Gasteiger partial charge in [-0.2, -0.15) is 0 Å². The van der Waals surface area contributed by atoms with Gasteiger partial charge >= 0.3 is 0 Å². The average Bonchev–Trinajstić information content (AvgIpc) is 3.03. The van der Waals surface area contributed by atoms with Crippen LogP contribution in [-0.2, 0) is 20.8 Å². The van der Waals surface area contributed by atoms with Crippen LogP contribution in [0.2, 0.25) is 0 Å². The first kappa shape index (κ1) is 14.6. The smallest absolute Gasteiger partial charge is 0.164 e. The average molecular weight is 306 g/mol. The predicted molar refractivity (Wildman–Crippen MR) is 77.5 cm³/mol. The van der Waals surface area contributed by atoms with Crippen molar-refractivity contribution in [1.29, 1.82) is 0 Å². The molecule has 1 aromatic carbocycles. The molecule has 5 heteroatoms. The lowest BCUT2D eigenvalue weighted by Crippen LogP contribution is -2.41. The summed E-state index contributed by atoms with van der Waals surface area (Å²) < 4.78 is 17.1. The fourth-order valence-electron chi connectivity index (χ4n) is 4.48. The highest BCUT2D eigenvalue weighted by Crippen LogP contribution is 2.60. The lowest BCUT2D eigenvalue weighted by atomic mass is 9.74. The van der Waals surface area contributed by atoms with Crippen LogP contribution in [-0.4, -0.2) is 42.6 Å². The van der Waals surface area contributed by atoms with Crippen LogP contribution in [0.3, 0.4) is 0 Å². The number of hydrogen-bond donors (Lipinski definition) is 2. The number of hydrogen-bond acceptors (Lipinski definition) is 5. The van der Waals surface area contributed by atoms with Gasteiger partial charge in [-0.3, -0.25) is 0 Å². The molecule has 0 radical (unpaired) electrons. The van der Waals surface area contributed by atoms with Crippen molar-refractivity contribution >= 4 is 0 Å². The van der Waals surface area contributed by atoms with E-state index in [1.807, 2.05) is 30.3 Å². The van der Waals surface area contributed by atoms with Gasteiger partial charge in [0.1, 0.15) is 0 Å². The SMILES string of the molecule is OC[C@@]12CO[C@@H]3OC(O)[C@@H](C[C@@H]31)[C@@H]2COCc1ccccc1. The standard InChI is InChI=1S/C17H22O5/c18-9-17-10-21-16-13(17)6-12(15(19)22-16)14(17)8-20-7-11-4-2-1-3-5-11/h1-5,12-16,18-19H,6-10H2/t12-,13-,14-,15?,16+,17+/m0/s1. The van der Waals surface area contributed by atoms with E-state index in [0.717, 1.165) is 12.0 Å². The van der Waals surface area contributed by atoms with Crippen molar-refractivity contribution in [3.8, 4) is 0 Å². The van der Waals surface area contributed by atoms with Crippen LogP contribution < -0.4 is 0 Å². The molecule has 0 aromatic heterocycles. The van der Waals surface area contributed by atoms with E-state index in [4.69, 9.17) is 14.2 Å². The zero-order valence-electron chi connectivity index (χ0n) is 12.4. The van der Waals surface area contributed by atoms with Gasteiger partial charge in [-0.05, 0) is 12.0 Å². The second kappa shape index (κ2) is 5.58. The third-order valence-electron chi connectivity index (χ3n) is 5.71. The second-order valence-electron chi connectivity index (χ2n) is 6.71. The van der Waals surface area contributed by atoms with E-state index in [9.17, 15) is 10.2 Å². The Kier molecular flexibility index (Phi) is 3.71. The Balaban J connectivity index is 1.47. The molecule has 2 saturated heterocycles. The fraction of sp³-hybridized carbons (Fsp3) is 0.647. The molecular weight excluding hydrogens is 284 g/mol. The first-order chi connectivity index (χ1) is 10.7. The van der Waals surface area contributed by atoms with Crippen LogP contribution in [0.4, 0.5) is 0 Å². The molecule has 120 valence electrons. The lowest BCUT2D eigenvalue weighted by Gasteiger charge is -2.34. The molecular formula is C17H22O5. The van der Waals surface area contributed by atoms with E-state index >= 15 is 0 Å². The summed E-state index contributed by atoms with van der Waals surface area (Å²) in [6.45, 7) is 1.59. The van der Waals surface area contributed by atoms with Gasteiger partial charge in [-0.15, -0.1) is 0 Å². The van der Waals surface area contributed by atoms with Crippen molar-refractivity contribution < 1.29 is 24.4 Å². The third-order valence-corrected chi connectivity index (χ3v) is 5.71. The molecule has 3 fully saturated rings. The van der Waals surface area contributed by atoms with E-state index in [2.05, 4.69) is 0 Å². The van der Waals surface area contributed by atoms with Gasteiger partial charge in [0.05, 0.1) is 26.4 Å². The molecule has 2 N–H and O–H groups in total. The number of fused-ring (bicyclic) bond motifs is 1. The van der Waals surface area contributed by atoms with Gasteiger partial charge in [0.15, 0.2) is 12.6 Å². The fourth-order valence-corrected chi connectivity index (χ4v) is 4.48. The highest BCUT2D eigenvalue weighted by molar-refractivity contribution is 5.13. The maximum atomic E-state index is 10.2. The van der Waals surface area contributed by atoms with Crippen LogP contribution in [0.15, 0.2) is 30.3 Å². The monoisotopic (exact) mass is 306 g/mol. The number of rotatable bonds is 5. The van der Waals surface area contributed by atoms with Gasteiger partial charge < -0.3 is 24.4 Å². The summed E-state index contributed by atoms with van der Waals surface area (Å²) in [5.41, 5.74) is 0.794. The Hall–Kier alpha value is -0.980. The molecule has 2 bridgehead atoms. The van der Waals surface area contributed by atoms with Crippen molar-refractivity contribution in [2.75, 3.05) is 19.8 Å². The normalized spacial score (nSPS) is 42.7. The Morgan fingerprint density at radius 1 is 1.27 bits per heavy atom. The second-order valence-corrected chi connectivity index (χ2v) is 6.71. The minimum absolute atomic E-state index is 0.0214. The molecule has 0 spiro atoms. The topological polar surface area (TPSA) is 68.2 Å². The molecule has 0 amide bonds. The Morgan fingerprint density at radius 2 is 2.09 bits per heavy atom. The zero-order valence-corrected chi connectivity index (χ0v) is 12.4. The molecule has 2 heterocycles. The molecule has 22 heavy (non-hydrogen) atoms. The summed E-state index contributed by atoms with van der Waals surface area (Å²) in [6.07, 6.45) is -0.357. The quantitative estimate of drug-likeness (QED) is 0.854. The molecule has 1 aliphatic carbocycles. The van der Waals surface area contributed by atoms with E-state index < -0.39 is 6.29 Å². The van der Waals surface area contributed by atoms with Crippen LogP contribution in [0, 0.1) is 23.2 Å². The first-order valence-corrected chi connectivity index (χ1v) is 7.92. The Morgan fingerprint density at radius 3 is 2.86 bits per heavy atom. The number of aliphatic hydroxyl groups excluding tert-OH is 2. The van der Waals surface area contributed by atoms with E-state index in [-0.39, 0.29) is 36.1 Å². The maximum Gasteiger partial charge on any atom is 0.164 e. The van der Waals surface area contributed by atoms with Crippen molar-refractivity contribution in [2.24, 2.45) is 23.2 Å². The van der Waals surface area contributed by atoms with Crippen LogP contribution in [0.25, 0.3) is 0 Å². The summed E-state index contributed by atoms with van der Waals surface area (Å²) in [5.74, 6) is 0.248.